The number of aryl methyl sites for hydroxylation is 2. The summed E-state index contributed by atoms with van der Waals surface area (Å²) < 4.78 is 7.64. The van der Waals surface area contributed by atoms with Crippen LogP contribution in [0.25, 0.3) is 33.7 Å². The number of halogens is 1. The summed E-state index contributed by atoms with van der Waals surface area (Å²) in [5, 5.41) is 14.7. The molecule has 4 heterocycles. The smallest absolute Gasteiger partial charge is 0.304 e. The van der Waals surface area contributed by atoms with Crippen LogP contribution in [0.15, 0.2) is 40.9 Å². The first-order chi connectivity index (χ1) is 14.0. The van der Waals surface area contributed by atoms with E-state index in [4.69, 9.17) is 21.2 Å². The van der Waals surface area contributed by atoms with Crippen LogP contribution in [-0.2, 0) is 11.3 Å². The number of pyridine rings is 1. The Labute approximate surface area is 170 Å². The molecule has 1 atom stereocenters. The van der Waals surface area contributed by atoms with Crippen molar-refractivity contribution >= 4 is 28.5 Å². The molecule has 0 spiro atoms. The van der Waals surface area contributed by atoms with Crippen LogP contribution in [0.1, 0.15) is 30.1 Å². The number of carbonyl (C=O) groups is 1. The molecule has 1 aliphatic rings. The Hall–Kier alpha value is -3.19. The second-order valence-corrected chi connectivity index (χ2v) is 7.71. The molecule has 5 rings (SSSR count). The summed E-state index contributed by atoms with van der Waals surface area (Å²) in [7, 11) is 0. The zero-order chi connectivity index (χ0) is 20.1. The molecule has 3 aromatic heterocycles. The number of rotatable bonds is 4. The van der Waals surface area contributed by atoms with E-state index >= 15 is 0 Å². The highest BCUT2D eigenvalue weighted by Crippen LogP contribution is 2.37. The first-order valence-electron chi connectivity index (χ1n) is 9.31. The van der Waals surface area contributed by atoms with Gasteiger partial charge in [-0.2, -0.15) is 4.98 Å². The van der Waals surface area contributed by atoms with Crippen molar-refractivity contribution in [1.29, 1.82) is 0 Å². The van der Waals surface area contributed by atoms with Gasteiger partial charge < -0.3 is 14.2 Å². The molecule has 0 saturated carbocycles. The summed E-state index contributed by atoms with van der Waals surface area (Å²) in [5.74, 6) is 0.161. The van der Waals surface area contributed by atoms with Crippen molar-refractivity contribution in [3.8, 4) is 22.8 Å². The normalized spacial score (nSPS) is 15.7. The molecule has 1 aliphatic heterocycles. The van der Waals surface area contributed by atoms with Crippen molar-refractivity contribution in [3.63, 3.8) is 0 Å². The maximum Gasteiger partial charge on any atom is 0.304 e. The Morgan fingerprint density at radius 2 is 2.10 bits per heavy atom. The van der Waals surface area contributed by atoms with Gasteiger partial charge in [-0.3, -0.25) is 4.79 Å². The van der Waals surface area contributed by atoms with E-state index in [1.165, 1.54) is 0 Å². The third-order valence-electron chi connectivity index (χ3n) is 5.33. The quantitative estimate of drug-likeness (QED) is 0.493. The lowest BCUT2D eigenvalue weighted by molar-refractivity contribution is -0.137. The lowest BCUT2D eigenvalue weighted by atomic mass is 10.0. The van der Waals surface area contributed by atoms with Crippen LogP contribution < -0.4 is 0 Å². The highest BCUT2D eigenvalue weighted by Gasteiger charge is 2.27. The molecular formula is C21H17ClN4O3. The van der Waals surface area contributed by atoms with Gasteiger partial charge >= 0.3 is 5.97 Å². The molecule has 4 aromatic rings. The molecule has 1 N–H and O–H groups in total. The molecule has 1 aromatic carbocycles. The molecule has 29 heavy (non-hydrogen) atoms. The molecule has 0 amide bonds. The van der Waals surface area contributed by atoms with Gasteiger partial charge in [0.2, 0.25) is 5.82 Å². The van der Waals surface area contributed by atoms with Crippen LogP contribution in [0.2, 0.25) is 5.15 Å². The second-order valence-electron chi connectivity index (χ2n) is 7.32. The lowest BCUT2D eigenvalue weighted by Crippen LogP contribution is -2.02. The molecule has 0 aliphatic carbocycles. The molecule has 0 radical (unpaired) electrons. The van der Waals surface area contributed by atoms with Crippen molar-refractivity contribution in [2.45, 2.75) is 32.2 Å². The van der Waals surface area contributed by atoms with Gasteiger partial charge in [0, 0.05) is 45.9 Å². The largest absolute Gasteiger partial charge is 0.481 e. The summed E-state index contributed by atoms with van der Waals surface area (Å²) in [6.07, 6.45) is 1.02. The number of hydrogen-bond acceptors (Lipinski definition) is 5. The van der Waals surface area contributed by atoms with E-state index < -0.39 is 5.97 Å². The summed E-state index contributed by atoms with van der Waals surface area (Å²) in [6, 6.07) is 11.6. The molecule has 0 bridgehead atoms. The second kappa shape index (κ2) is 6.70. The van der Waals surface area contributed by atoms with Crippen molar-refractivity contribution in [2.75, 3.05) is 0 Å². The van der Waals surface area contributed by atoms with E-state index in [1.807, 2.05) is 31.2 Å². The molecule has 0 unspecified atom stereocenters. The SMILES string of the molecule is Cc1cc(-c2nc(-c3ccc4c(c3)cc3n4CC[C@@H]3CC(=O)O)no2)cc(Cl)n1. The predicted molar refractivity (Wildman–Crippen MR) is 108 cm³/mol. The standard InChI is InChI=1S/C21H17ClN4O3/c1-11-6-15(9-18(22)23-11)21-24-20(25-29-21)13-2-3-16-14(7-13)8-17-12(10-19(27)28)4-5-26(16)17/h2-3,6-9,12H,4-5,10H2,1H3,(H,27,28)/t12-/m1/s1. The molecule has 146 valence electrons. The zero-order valence-corrected chi connectivity index (χ0v) is 16.3. The fourth-order valence-corrected chi connectivity index (χ4v) is 4.33. The summed E-state index contributed by atoms with van der Waals surface area (Å²) >= 11 is 6.03. The number of carboxylic acid groups (broad SMARTS) is 1. The van der Waals surface area contributed by atoms with Crippen LogP contribution in [-0.4, -0.2) is 30.8 Å². The number of hydrogen-bond donors (Lipinski definition) is 1. The van der Waals surface area contributed by atoms with Crippen molar-refractivity contribution in [3.05, 3.63) is 52.9 Å². The Kier molecular flexibility index (Phi) is 4.13. The van der Waals surface area contributed by atoms with Gasteiger partial charge in [0.05, 0.1) is 6.42 Å². The monoisotopic (exact) mass is 408 g/mol. The highest BCUT2D eigenvalue weighted by molar-refractivity contribution is 6.29. The van der Waals surface area contributed by atoms with Crippen LogP contribution in [0, 0.1) is 6.92 Å². The number of benzene rings is 1. The van der Waals surface area contributed by atoms with E-state index in [9.17, 15) is 4.79 Å². The van der Waals surface area contributed by atoms with Crippen LogP contribution in [0.3, 0.4) is 0 Å². The van der Waals surface area contributed by atoms with Gasteiger partial charge in [0.15, 0.2) is 0 Å². The van der Waals surface area contributed by atoms with Crippen molar-refractivity contribution in [2.24, 2.45) is 0 Å². The highest BCUT2D eigenvalue weighted by atomic mass is 35.5. The minimum Gasteiger partial charge on any atom is -0.481 e. The third-order valence-corrected chi connectivity index (χ3v) is 5.52. The maximum absolute atomic E-state index is 11.1. The van der Waals surface area contributed by atoms with Crippen molar-refractivity contribution < 1.29 is 14.4 Å². The molecule has 0 saturated heterocycles. The zero-order valence-electron chi connectivity index (χ0n) is 15.6. The lowest BCUT2D eigenvalue weighted by Gasteiger charge is -2.04. The average Bonchev–Trinajstić information content (AvgIpc) is 3.36. The summed E-state index contributed by atoms with van der Waals surface area (Å²) in [6.45, 7) is 2.69. The number of fused-ring (bicyclic) bond motifs is 3. The summed E-state index contributed by atoms with van der Waals surface area (Å²) in [4.78, 5) is 19.8. The first-order valence-corrected chi connectivity index (χ1v) is 9.69. The van der Waals surface area contributed by atoms with Crippen LogP contribution >= 0.6 is 11.6 Å². The van der Waals surface area contributed by atoms with E-state index in [2.05, 4.69) is 25.8 Å². The van der Waals surface area contributed by atoms with E-state index in [-0.39, 0.29) is 12.3 Å². The third kappa shape index (κ3) is 3.17. The molecular weight excluding hydrogens is 392 g/mol. The minimum absolute atomic E-state index is 0.0554. The Balaban J connectivity index is 1.50. The predicted octanol–water partition coefficient (Wildman–Crippen LogP) is 4.68. The number of nitrogens with zero attached hydrogens (tertiary/aromatic N) is 4. The van der Waals surface area contributed by atoms with Gasteiger partial charge in [-0.1, -0.05) is 16.8 Å². The Morgan fingerprint density at radius 1 is 1.24 bits per heavy atom. The van der Waals surface area contributed by atoms with Gasteiger partial charge in [-0.05, 0) is 49.7 Å². The van der Waals surface area contributed by atoms with E-state index in [1.54, 1.807) is 6.07 Å². The van der Waals surface area contributed by atoms with E-state index in [0.717, 1.165) is 46.4 Å². The molecule has 8 heteroatoms. The van der Waals surface area contributed by atoms with Crippen molar-refractivity contribution in [1.82, 2.24) is 19.7 Å². The van der Waals surface area contributed by atoms with Gasteiger partial charge in [0.25, 0.3) is 5.89 Å². The summed E-state index contributed by atoms with van der Waals surface area (Å²) in [5.41, 5.74) is 4.50. The topological polar surface area (TPSA) is 94.0 Å². The number of carboxylic acids is 1. The fourth-order valence-electron chi connectivity index (χ4n) is 4.08. The van der Waals surface area contributed by atoms with E-state index in [0.29, 0.717) is 16.9 Å². The fraction of sp³-hybridized carbons (Fsp3) is 0.238. The number of aliphatic carboxylic acids is 1. The van der Waals surface area contributed by atoms with Gasteiger partial charge in [-0.25, -0.2) is 4.98 Å². The van der Waals surface area contributed by atoms with Gasteiger partial charge in [-0.15, -0.1) is 0 Å². The Bertz CT molecular complexity index is 1240. The number of aromatic nitrogens is 4. The Morgan fingerprint density at radius 3 is 2.90 bits per heavy atom. The molecule has 0 fully saturated rings. The molecule has 7 nitrogen and oxygen atoms in total. The van der Waals surface area contributed by atoms with Crippen LogP contribution in [0.5, 0.6) is 0 Å². The maximum atomic E-state index is 11.1. The first kappa shape index (κ1) is 17.9. The average molecular weight is 409 g/mol. The van der Waals surface area contributed by atoms with Crippen LogP contribution in [0.4, 0.5) is 0 Å². The van der Waals surface area contributed by atoms with Gasteiger partial charge in [0.1, 0.15) is 5.15 Å². The minimum atomic E-state index is -0.764.